The van der Waals surface area contributed by atoms with Gasteiger partial charge in [0, 0.05) is 34.2 Å². The van der Waals surface area contributed by atoms with E-state index in [4.69, 9.17) is 27.9 Å². The van der Waals surface area contributed by atoms with Crippen LogP contribution < -0.4 is 0 Å². The SMILES string of the molecule is CC(=O)N(C)/C(COCc1ccccc1)=C(/SC1C=C/C(Cl)=C\CC/C(Cl)=C\1)C(C)C.CC(C)C. The highest BCUT2D eigenvalue weighted by Crippen LogP contribution is 2.35. The summed E-state index contributed by atoms with van der Waals surface area (Å²) in [7, 11) is 1.80. The number of thioether (sulfide) groups is 1. The molecule has 0 N–H and O–H groups in total. The highest BCUT2D eigenvalue weighted by molar-refractivity contribution is 8.04. The van der Waals surface area contributed by atoms with Crippen molar-refractivity contribution in [2.24, 2.45) is 11.8 Å². The fraction of sp³-hybridized carbons (Fsp3) is 0.483. The molecule has 0 heterocycles. The van der Waals surface area contributed by atoms with Crippen molar-refractivity contribution >= 4 is 40.9 Å². The molecule has 2 rings (SSSR count). The maximum Gasteiger partial charge on any atom is 0.223 e. The lowest BCUT2D eigenvalue weighted by Crippen LogP contribution is -2.28. The van der Waals surface area contributed by atoms with Crippen molar-refractivity contribution in [3.63, 3.8) is 0 Å². The van der Waals surface area contributed by atoms with E-state index >= 15 is 0 Å². The monoisotopic (exact) mass is 537 g/mol. The Hall–Kier alpha value is -1.46. The largest absolute Gasteiger partial charge is 0.371 e. The Morgan fingerprint density at radius 3 is 2.34 bits per heavy atom. The molecule has 0 saturated heterocycles. The van der Waals surface area contributed by atoms with Crippen LogP contribution in [0, 0.1) is 11.8 Å². The first-order valence-corrected chi connectivity index (χ1v) is 13.8. The minimum absolute atomic E-state index is 0.00892. The van der Waals surface area contributed by atoms with Crippen LogP contribution in [0.2, 0.25) is 0 Å². The Morgan fingerprint density at radius 1 is 1.14 bits per heavy atom. The quantitative estimate of drug-likeness (QED) is 0.331. The highest BCUT2D eigenvalue weighted by Gasteiger charge is 2.21. The predicted octanol–water partition coefficient (Wildman–Crippen LogP) is 8.91. The number of benzene rings is 1. The third-order valence-electron chi connectivity index (χ3n) is 4.81. The van der Waals surface area contributed by atoms with Gasteiger partial charge < -0.3 is 9.64 Å². The molecule has 1 unspecified atom stereocenters. The normalized spacial score (nSPS) is 19.8. The second kappa shape index (κ2) is 17.1. The van der Waals surface area contributed by atoms with Crippen LogP contribution in [0.5, 0.6) is 0 Å². The summed E-state index contributed by atoms with van der Waals surface area (Å²) in [6.07, 6.45) is 9.59. The Kier molecular flexibility index (Phi) is 15.4. The van der Waals surface area contributed by atoms with E-state index in [0.29, 0.717) is 18.2 Å². The van der Waals surface area contributed by atoms with E-state index in [1.807, 2.05) is 42.5 Å². The van der Waals surface area contributed by atoms with E-state index in [9.17, 15) is 4.79 Å². The van der Waals surface area contributed by atoms with Gasteiger partial charge >= 0.3 is 0 Å². The molecule has 1 aromatic rings. The van der Waals surface area contributed by atoms with Gasteiger partial charge in [0.15, 0.2) is 0 Å². The number of carbonyl (C=O) groups excluding carboxylic acids is 1. The van der Waals surface area contributed by atoms with Crippen molar-refractivity contribution in [2.75, 3.05) is 13.7 Å². The van der Waals surface area contributed by atoms with Crippen LogP contribution >= 0.6 is 35.0 Å². The first-order chi connectivity index (χ1) is 16.5. The molecule has 1 aliphatic rings. The van der Waals surface area contributed by atoms with Crippen LogP contribution in [-0.2, 0) is 16.1 Å². The zero-order valence-corrected chi connectivity index (χ0v) is 24.5. The molecule has 1 aromatic carbocycles. The maximum absolute atomic E-state index is 12.2. The molecule has 0 fully saturated rings. The van der Waals surface area contributed by atoms with Crippen molar-refractivity contribution in [3.05, 3.63) is 80.9 Å². The smallest absolute Gasteiger partial charge is 0.223 e. The van der Waals surface area contributed by atoms with Crippen LogP contribution in [-0.4, -0.2) is 29.7 Å². The number of carbonyl (C=O) groups is 1. The number of likely N-dealkylation sites (N-methyl/N-ethyl adjacent to an activating group) is 1. The predicted molar refractivity (Wildman–Crippen MR) is 155 cm³/mol. The zero-order valence-electron chi connectivity index (χ0n) is 22.2. The van der Waals surface area contributed by atoms with Crippen molar-refractivity contribution in [1.82, 2.24) is 4.90 Å². The van der Waals surface area contributed by atoms with Crippen molar-refractivity contribution in [3.8, 4) is 0 Å². The summed E-state index contributed by atoms with van der Waals surface area (Å²) in [6, 6.07) is 10.0. The number of halogens is 2. The summed E-state index contributed by atoms with van der Waals surface area (Å²) in [6.45, 7) is 13.2. The summed E-state index contributed by atoms with van der Waals surface area (Å²) in [5.41, 5.74) is 1.98. The Labute approximate surface area is 227 Å². The van der Waals surface area contributed by atoms with Crippen LogP contribution in [0.4, 0.5) is 0 Å². The van der Waals surface area contributed by atoms with Gasteiger partial charge in [0.25, 0.3) is 0 Å². The summed E-state index contributed by atoms with van der Waals surface area (Å²) in [4.78, 5) is 15.0. The van der Waals surface area contributed by atoms with Crippen LogP contribution in [0.1, 0.15) is 59.9 Å². The number of hydrogen-bond acceptors (Lipinski definition) is 3. The van der Waals surface area contributed by atoms with E-state index < -0.39 is 0 Å². The van der Waals surface area contributed by atoms with Crippen molar-refractivity contribution < 1.29 is 9.53 Å². The lowest BCUT2D eigenvalue weighted by atomic mass is 10.1. The molecule has 35 heavy (non-hydrogen) atoms. The van der Waals surface area contributed by atoms with Gasteiger partial charge in [-0.05, 0) is 36.3 Å². The summed E-state index contributed by atoms with van der Waals surface area (Å²) in [5.74, 6) is 1.02. The molecule has 0 aromatic heterocycles. The number of hydrogen-bond donors (Lipinski definition) is 0. The summed E-state index contributed by atoms with van der Waals surface area (Å²) < 4.78 is 6.02. The molecule has 0 radical (unpaired) electrons. The van der Waals surface area contributed by atoms with E-state index in [1.165, 1.54) is 0 Å². The molecule has 194 valence electrons. The molecule has 0 saturated carbocycles. The molecular formula is C29H41Cl2NO2S. The summed E-state index contributed by atoms with van der Waals surface area (Å²) >= 11 is 14.4. The maximum atomic E-state index is 12.2. The van der Waals surface area contributed by atoms with Gasteiger partial charge in [-0.1, -0.05) is 106 Å². The molecular weight excluding hydrogens is 497 g/mol. The van der Waals surface area contributed by atoms with Crippen LogP contribution in [0.3, 0.4) is 0 Å². The van der Waals surface area contributed by atoms with Crippen molar-refractivity contribution in [2.45, 2.75) is 66.2 Å². The molecule has 6 heteroatoms. The van der Waals surface area contributed by atoms with Gasteiger partial charge in [0.1, 0.15) is 0 Å². The molecule has 0 bridgehead atoms. The standard InChI is InChI=1S/C25H31Cl2NO2S.C4H10/c1-18(2)25(31-23-14-13-21(26)11-8-12-22(27)15-23)24(28(4)19(3)29)17-30-16-20-9-6-5-7-10-20;1-4(2)3/h5-7,9-11,13-15,18,23H,8,12,16-17H2,1-4H3;4H,1-3H3/b14-13?,21-11+,22-15+,25-24+;. The third kappa shape index (κ3) is 13.4. The van der Waals surface area contributed by atoms with Gasteiger partial charge in [-0.2, -0.15) is 0 Å². The van der Waals surface area contributed by atoms with Gasteiger partial charge in [0.05, 0.1) is 18.9 Å². The highest BCUT2D eigenvalue weighted by atomic mass is 35.5. The fourth-order valence-electron chi connectivity index (χ4n) is 3.04. The molecule has 3 nitrogen and oxygen atoms in total. The van der Waals surface area contributed by atoms with Gasteiger partial charge in [-0.3, -0.25) is 4.79 Å². The number of ether oxygens (including phenoxy) is 1. The van der Waals surface area contributed by atoms with E-state index in [-0.39, 0.29) is 17.1 Å². The molecule has 1 amide bonds. The molecule has 0 aliphatic heterocycles. The fourth-order valence-corrected chi connectivity index (χ4v) is 4.83. The third-order valence-corrected chi connectivity index (χ3v) is 6.93. The van der Waals surface area contributed by atoms with Gasteiger partial charge in [0.2, 0.25) is 5.91 Å². The van der Waals surface area contributed by atoms with E-state index in [2.05, 4.69) is 46.8 Å². The lowest BCUT2D eigenvalue weighted by Gasteiger charge is -2.26. The average Bonchev–Trinajstić information content (AvgIpc) is 2.85. The zero-order chi connectivity index (χ0) is 26.4. The minimum Gasteiger partial charge on any atom is -0.371 e. The van der Waals surface area contributed by atoms with E-state index in [0.717, 1.165) is 40.0 Å². The van der Waals surface area contributed by atoms with Crippen LogP contribution in [0.15, 0.2) is 75.3 Å². The van der Waals surface area contributed by atoms with Crippen molar-refractivity contribution in [1.29, 1.82) is 0 Å². The Balaban J connectivity index is 0.00000142. The van der Waals surface area contributed by atoms with Crippen LogP contribution in [0.25, 0.3) is 0 Å². The number of rotatable bonds is 8. The number of allylic oxidation sites excluding steroid dienone is 5. The van der Waals surface area contributed by atoms with Gasteiger partial charge in [-0.15, -0.1) is 11.8 Å². The minimum atomic E-state index is -0.0263. The molecule has 1 aliphatic carbocycles. The Bertz CT molecular complexity index is 902. The first-order valence-electron chi connectivity index (χ1n) is 12.2. The number of amides is 1. The second-order valence-electron chi connectivity index (χ2n) is 9.44. The lowest BCUT2D eigenvalue weighted by molar-refractivity contribution is -0.126. The van der Waals surface area contributed by atoms with E-state index in [1.54, 1.807) is 30.6 Å². The molecule has 1 atom stereocenters. The first kappa shape index (κ1) is 31.6. The topological polar surface area (TPSA) is 29.5 Å². The van der Waals surface area contributed by atoms with Gasteiger partial charge in [-0.25, -0.2) is 0 Å². The Morgan fingerprint density at radius 2 is 1.77 bits per heavy atom. The average molecular weight is 539 g/mol. The number of nitrogens with zero attached hydrogens (tertiary/aromatic N) is 1. The molecule has 0 spiro atoms. The second-order valence-corrected chi connectivity index (χ2v) is 11.6. The summed E-state index contributed by atoms with van der Waals surface area (Å²) in [5, 5.41) is 1.54.